The lowest BCUT2D eigenvalue weighted by molar-refractivity contribution is -0.142. The van der Waals surface area contributed by atoms with Crippen LogP contribution in [0.4, 0.5) is 0 Å². The molecule has 33 heavy (non-hydrogen) atoms. The molecule has 0 spiro atoms. The van der Waals surface area contributed by atoms with Crippen LogP contribution in [0.3, 0.4) is 0 Å². The first-order valence-corrected chi connectivity index (χ1v) is 11.5. The summed E-state index contributed by atoms with van der Waals surface area (Å²) >= 11 is 0. The van der Waals surface area contributed by atoms with Crippen molar-refractivity contribution in [2.75, 3.05) is 46.0 Å². The minimum Gasteiger partial charge on any atom is -0.491 e. The second kappa shape index (κ2) is 9.70. The molecule has 174 valence electrons. The van der Waals surface area contributed by atoms with Crippen LogP contribution in [0.1, 0.15) is 23.2 Å². The molecule has 3 heterocycles. The highest BCUT2D eigenvalue weighted by molar-refractivity contribution is 5.94. The molecule has 5 rings (SSSR count). The highest BCUT2D eigenvalue weighted by Crippen LogP contribution is 2.31. The van der Waals surface area contributed by atoms with Gasteiger partial charge < -0.3 is 28.7 Å². The van der Waals surface area contributed by atoms with Crippen molar-refractivity contribution in [3.8, 4) is 17.2 Å². The van der Waals surface area contributed by atoms with Gasteiger partial charge in [0.15, 0.2) is 11.5 Å². The van der Waals surface area contributed by atoms with Crippen LogP contribution < -0.4 is 14.2 Å². The molecule has 0 N–H and O–H groups in total. The standard InChI is InChI=1S/C25H28N2O6/c28-24(18-7-9-19(10-8-18)31-16-20-4-3-15-30-20)26-11-13-27(14-12-26)25(29)23-17-32-21-5-1-2-6-22(21)33-23/h1-2,5-10,20,23H,3-4,11-17H2/t20-,23+/m0/s1. The van der Waals surface area contributed by atoms with Gasteiger partial charge in [-0.1, -0.05) is 12.1 Å². The van der Waals surface area contributed by atoms with Gasteiger partial charge in [0.2, 0.25) is 6.10 Å². The fourth-order valence-electron chi connectivity index (χ4n) is 4.32. The quantitative estimate of drug-likeness (QED) is 0.693. The lowest BCUT2D eigenvalue weighted by Crippen LogP contribution is -2.55. The molecule has 0 aromatic heterocycles. The lowest BCUT2D eigenvalue weighted by Gasteiger charge is -2.37. The molecule has 2 atom stereocenters. The molecule has 0 unspecified atom stereocenters. The van der Waals surface area contributed by atoms with Gasteiger partial charge in [-0.05, 0) is 49.2 Å². The molecule has 3 aliphatic rings. The lowest BCUT2D eigenvalue weighted by atomic mass is 10.1. The molecule has 0 saturated carbocycles. The van der Waals surface area contributed by atoms with Crippen molar-refractivity contribution in [3.05, 3.63) is 54.1 Å². The summed E-state index contributed by atoms with van der Waals surface area (Å²) in [6.07, 6.45) is 1.60. The van der Waals surface area contributed by atoms with Crippen LogP contribution in [0.25, 0.3) is 0 Å². The Kier molecular flexibility index (Phi) is 6.35. The molecule has 0 aliphatic carbocycles. The maximum Gasteiger partial charge on any atom is 0.267 e. The van der Waals surface area contributed by atoms with Crippen LogP contribution in [0.2, 0.25) is 0 Å². The first-order valence-electron chi connectivity index (χ1n) is 11.5. The van der Waals surface area contributed by atoms with Gasteiger partial charge in [-0.3, -0.25) is 9.59 Å². The predicted octanol–water partition coefficient (Wildman–Crippen LogP) is 2.37. The molecule has 2 fully saturated rings. The summed E-state index contributed by atoms with van der Waals surface area (Å²) in [7, 11) is 0. The Morgan fingerprint density at radius 1 is 0.939 bits per heavy atom. The summed E-state index contributed by atoms with van der Waals surface area (Å²) in [6.45, 7) is 3.41. The maximum atomic E-state index is 12.9. The average molecular weight is 453 g/mol. The van der Waals surface area contributed by atoms with Gasteiger partial charge >= 0.3 is 0 Å². The van der Waals surface area contributed by atoms with E-state index in [1.165, 1.54) is 0 Å². The Hall–Kier alpha value is -3.26. The Labute approximate surface area is 193 Å². The van der Waals surface area contributed by atoms with Crippen molar-refractivity contribution in [1.29, 1.82) is 0 Å². The van der Waals surface area contributed by atoms with Gasteiger partial charge in [0.05, 0.1) is 6.10 Å². The summed E-state index contributed by atoms with van der Waals surface area (Å²) in [6, 6.07) is 14.5. The Balaban J connectivity index is 1.11. The molecular formula is C25H28N2O6. The summed E-state index contributed by atoms with van der Waals surface area (Å²) in [5.41, 5.74) is 0.611. The number of ether oxygens (including phenoxy) is 4. The van der Waals surface area contributed by atoms with Gasteiger partial charge in [-0.2, -0.15) is 0 Å². The molecule has 8 heteroatoms. The number of hydrogen-bond acceptors (Lipinski definition) is 6. The number of carbonyl (C=O) groups excluding carboxylic acids is 2. The van der Waals surface area contributed by atoms with Crippen molar-refractivity contribution in [2.45, 2.75) is 25.0 Å². The number of piperazine rings is 1. The van der Waals surface area contributed by atoms with E-state index in [4.69, 9.17) is 18.9 Å². The van der Waals surface area contributed by atoms with Gasteiger partial charge in [0.1, 0.15) is 19.0 Å². The van der Waals surface area contributed by atoms with E-state index >= 15 is 0 Å². The highest BCUT2D eigenvalue weighted by Gasteiger charge is 2.33. The normalized spacial score (nSPS) is 22.2. The number of benzene rings is 2. The van der Waals surface area contributed by atoms with Crippen LogP contribution in [-0.2, 0) is 9.53 Å². The minimum absolute atomic E-state index is 0.0426. The van der Waals surface area contributed by atoms with E-state index in [1.807, 2.05) is 30.3 Å². The monoisotopic (exact) mass is 452 g/mol. The molecule has 0 radical (unpaired) electrons. The van der Waals surface area contributed by atoms with Gasteiger partial charge in [0.25, 0.3) is 11.8 Å². The zero-order valence-electron chi connectivity index (χ0n) is 18.5. The second-order valence-electron chi connectivity index (χ2n) is 8.45. The van der Waals surface area contributed by atoms with Crippen LogP contribution in [0.15, 0.2) is 48.5 Å². The van der Waals surface area contributed by atoms with Gasteiger partial charge in [0, 0.05) is 38.3 Å². The first-order chi connectivity index (χ1) is 16.2. The number of carbonyl (C=O) groups is 2. The number of rotatable bonds is 5. The molecule has 0 bridgehead atoms. The van der Waals surface area contributed by atoms with Crippen molar-refractivity contribution >= 4 is 11.8 Å². The molecule has 2 saturated heterocycles. The van der Waals surface area contributed by atoms with Crippen LogP contribution in [0.5, 0.6) is 17.2 Å². The summed E-state index contributed by atoms with van der Waals surface area (Å²) in [5.74, 6) is 1.82. The Morgan fingerprint density at radius 2 is 1.67 bits per heavy atom. The first kappa shape index (κ1) is 21.6. The van der Waals surface area contributed by atoms with Gasteiger partial charge in [-0.15, -0.1) is 0 Å². The van der Waals surface area contributed by atoms with Crippen LogP contribution in [0, 0.1) is 0 Å². The van der Waals surface area contributed by atoms with E-state index < -0.39 is 6.10 Å². The van der Waals surface area contributed by atoms with Crippen LogP contribution in [-0.4, -0.2) is 79.8 Å². The molecule has 2 aromatic rings. The van der Waals surface area contributed by atoms with Crippen molar-refractivity contribution in [1.82, 2.24) is 9.80 Å². The fraction of sp³-hybridized carbons (Fsp3) is 0.440. The summed E-state index contributed by atoms with van der Waals surface area (Å²) in [4.78, 5) is 29.3. The Morgan fingerprint density at radius 3 is 2.39 bits per heavy atom. The highest BCUT2D eigenvalue weighted by atomic mass is 16.6. The van der Waals surface area contributed by atoms with Crippen molar-refractivity contribution < 1.29 is 28.5 Å². The maximum absolute atomic E-state index is 12.9. The third-order valence-electron chi connectivity index (χ3n) is 6.22. The van der Waals surface area contributed by atoms with E-state index in [2.05, 4.69) is 0 Å². The smallest absolute Gasteiger partial charge is 0.267 e. The third-order valence-corrected chi connectivity index (χ3v) is 6.22. The topological polar surface area (TPSA) is 77.5 Å². The number of para-hydroxylation sites is 2. The molecule has 2 aromatic carbocycles. The summed E-state index contributed by atoms with van der Waals surface area (Å²) < 4.78 is 22.8. The van der Waals surface area contributed by atoms with Crippen molar-refractivity contribution in [3.63, 3.8) is 0 Å². The Bertz CT molecular complexity index is 981. The van der Waals surface area contributed by atoms with E-state index in [-0.39, 0.29) is 24.5 Å². The average Bonchev–Trinajstić information content (AvgIpc) is 3.40. The van der Waals surface area contributed by atoms with E-state index in [0.29, 0.717) is 49.8 Å². The second-order valence-corrected chi connectivity index (χ2v) is 8.45. The zero-order valence-corrected chi connectivity index (χ0v) is 18.5. The predicted molar refractivity (Wildman–Crippen MR) is 120 cm³/mol. The number of nitrogens with zero attached hydrogens (tertiary/aromatic N) is 2. The summed E-state index contributed by atoms with van der Waals surface area (Å²) in [5, 5.41) is 0. The molecule has 8 nitrogen and oxygen atoms in total. The third kappa shape index (κ3) is 4.90. The SMILES string of the molecule is O=C(c1ccc(OC[C@@H]2CCCO2)cc1)N1CCN(C(=O)[C@H]2COc3ccccc3O2)CC1. The van der Waals surface area contributed by atoms with E-state index in [1.54, 1.807) is 28.0 Å². The van der Waals surface area contributed by atoms with Gasteiger partial charge in [-0.25, -0.2) is 0 Å². The minimum atomic E-state index is -0.663. The number of hydrogen-bond donors (Lipinski definition) is 0. The van der Waals surface area contributed by atoms with E-state index in [9.17, 15) is 9.59 Å². The van der Waals surface area contributed by atoms with Crippen LogP contribution >= 0.6 is 0 Å². The van der Waals surface area contributed by atoms with Crippen molar-refractivity contribution in [2.24, 2.45) is 0 Å². The fourth-order valence-corrected chi connectivity index (χ4v) is 4.32. The largest absolute Gasteiger partial charge is 0.491 e. The van der Waals surface area contributed by atoms with E-state index in [0.717, 1.165) is 25.2 Å². The molecular weight excluding hydrogens is 424 g/mol. The molecule has 3 aliphatic heterocycles. The number of amides is 2. The zero-order chi connectivity index (χ0) is 22.6. The number of fused-ring (bicyclic) bond motifs is 1. The molecule has 2 amide bonds.